The molecule has 2 aromatic heterocycles. The number of aromatic nitrogens is 2. The van der Waals surface area contributed by atoms with Gasteiger partial charge in [0.2, 0.25) is 0 Å². The first kappa shape index (κ1) is 26.1. The van der Waals surface area contributed by atoms with Gasteiger partial charge in [-0.2, -0.15) is 0 Å². The van der Waals surface area contributed by atoms with Crippen molar-refractivity contribution in [2.24, 2.45) is 0 Å². The second kappa shape index (κ2) is 9.82. The number of rotatable bonds is 4. The largest absolute Gasteiger partial charge is 1.00 e. The number of hydrogen-bond donors (Lipinski definition) is 0. The number of para-hydroxylation sites is 2. The molecular weight excluding hydrogens is 599 g/mol. The summed E-state index contributed by atoms with van der Waals surface area (Å²) in [6.07, 6.45) is 14.4. The Hall–Kier alpha value is -3.10. The standard InChI is InChI=1S/2C17H12N.2ClH.Zr/c2*1-3-7-15-13(5-1)9-10-17(15)18-12-11-14-6-2-4-8-16(14)18;;;/h2*1-12H;2*1H;/q;;;;+2/p-2. The van der Waals surface area contributed by atoms with Gasteiger partial charge in [-0.1, -0.05) is 0 Å². The van der Waals surface area contributed by atoms with Crippen LogP contribution >= 0.6 is 0 Å². The maximum absolute atomic E-state index is 2.58. The summed E-state index contributed by atoms with van der Waals surface area (Å²) in [5.74, 6) is 0. The fraction of sp³-hybridized carbons (Fsp3) is 0.0588. The maximum Gasteiger partial charge on any atom is -1.00 e. The van der Waals surface area contributed by atoms with Crippen molar-refractivity contribution in [2.75, 3.05) is 0 Å². The molecule has 2 atom stereocenters. The number of nitrogens with zero attached hydrogens (tertiary/aromatic N) is 2. The first-order valence-electron chi connectivity index (χ1n) is 12.8. The smallest absolute Gasteiger partial charge is 1.00 e. The predicted octanol–water partition coefficient (Wildman–Crippen LogP) is 1.84. The van der Waals surface area contributed by atoms with Gasteiger partial charge in [-0.3, -0.25) is 0 Å². The Kier molecular flexibility index (Phi) is 6.59. The van der Waals surface area contributed by atoms with Crippen LogP contribution in [0.3, 0.4) is 0 Å². The molecular formula is C34H24Cl2N2Zr. The molecule has 0 N–H and O–H groups in total. The molecule has 0 saturated heterocycles. The molecule has 0 bridgehead atoms. The molecule has 4 aromatic carbocycles. The average molecular weight is 623 g/mol. The van der Waals surface area contributed by atoms with Gasteiger partial charge in [0.05, 0.1) is 0 Å². The number of halogens is 2. The molecule has 2 heterocycles. The van der Waals surface area contributed by atoms with E-state index in [0.29, 0.717) is 0 Å². The van der Waals surface area contributed by atoms with E-state index in [1.54, 1.807) is 0 Å². The molecule has 0 saturated carbocycles. The number of allylic oxidation sites excluding steroid dienone is 2. The van der Waals surface area contributed by atoms with Gasteiger partial charge in [0.25, 0.3) is 0 Å². The summed E-state index contributed by atoms with van der Waals surface area (Å²) in [5.41, 5.74) is 8.13. The summed E-state index contributed by atoms with van der Waals surface area (Å²) in [6, 6.07) is 40.2. The molecule has 6 aromatic rings. The molecule has 2 unspecified atom stereocenters. The van der Waals surface area contributed by atoms with Gasteiger partial charge in [-0.15, -0.1) is 0 Å². The van der Waals surface area contributed by atoms with Crippen LogP contribution in [0.2, 0.25) is 0 Å². The summed E-state index contributed by atoms with van der Waals surface area (Å²) in [4.78, 5) is 0. The van der Waals surface area contributed by atoms with E-state index in [1.807, 2.05) is 0 Å². The van der Waals surface area contributed by atoms with Crippen LogP contribution in [-0.4, -0.2) is 9.13 Å². The fourth-order valence-electron chi connectivity index (χ4n) is 6.41. The summed E-state index contributed by atoms with van der Waals surface area (Å²) in [6.45, 7) is 0. The van der Waals surface area contributed by atoms with E-state index in [1.165, 1.54) is 44.1 Å². The van der Waals surface area contributed by atoms with Crippen molar-refractivity contribution in [1.82, 2.24) is 9.13 Å². The Morgan fingerprint density at radius 2 is 0.872 bits per heavy atom. The van der Waals surface area contributed by atoms with Gasteiger partial charge in [0.15, 0.2) is 0 Å². The number of benzene rings is 4. The minimum atomic E-state index is -1.45. The van der Waals surface area contributed by atoms with E-state index < -0.39 is 23.2 Å². The predicted molar refractivity (Wildman–Crippen MR) is 149 cm³/mol. The van der Waals surface area contributed by atoms with E-state index >= 15 is 0 Å². The Bertz CT molecular complexity index is 1760. The number of hydrogen-bond acceptors (Lipinski definition) is 0. The third-order valence-corrected chi connectivity index (χ3v) is 13.3. The minimum absolute atomic E-state index is 0. The van der Waals surface area contributed by atoms with E-state index in [-0.39, 0.29) is 31.3 Å². The zero-order chi connectivity index (χ0) is 24.5. The van der Waals surface area contributed by atoms with Gasteiger partial charge in [-0.05, 0) is 0 Å². The van der Waals surface area contributed by atoms with E-state index in [0.717, 1.165) is 0 Å². The summed E-state index contributed by atoms with van der Waals surface area (Å²) < 4.78 is 4.80. The second-order valence-electron chi connectivity index (χ2n) is 9.99. The van der Waals surface area contributed by atoms with Crippen molar-refractivity contribution < 1.29 is 48.0 Å². The molecule has 5 heteroatoms. The second-order valence-corrected chi connectivity index (χ2v) is 14.3. The van der Waals surface area contributed by atoms with Crippen molar-refractivity contribution in [3.8, 4) is 0 Å². The monoisotopic (exact) mass is 620 g/mol. The molecule has 0 radical (unpaired) electrons. The van der Waals surface area contributed by atoms with Gasteiger partial charge in [0, 0.05) is 0 Å². The van der Waals surface area contributed by atoms with Crippen LogP contribution < -0.4 is 24.8 Å². The molecule has 0 spiro atoms. The number of fused-ring (bicyclic) bond motifs is 4. The van der Waals surface area contributed by atoms with Crippen molar-refractivity contribution in [2.45, 2.75) is 6.49 Å². The third kappa shape index (κ3) is 3.71. The van der Waals surface area contributed by atoms with Crippen LogP contribution in [0.1, 0.15) is 22.3 Å². The van der Waals surface area contributed by atoms with Crippen LogP contribution in [0.15, 0.2) is 134 Å². The van der Waals surface area contributed by atoms with Crippen molar-refractivity contribution in [3.05, 3.63) is 156 Å². The molecule has 0 amide bonds. The van der Waals surface area contributed by atoms with Gasteiger partial charge < -0.3 is 24.8 Å². The SMILES string of the molecule is C1=C[C]([Zr+2][C]2(n3ccc4ccccc43)C=Cc3ccccc32)(n2ccc3ccccc32)c2ccccc21.[Cl-].[Cl-]. The van der Waals surface area contributed by atoms with Crippen molar-refractivity contribution in [1.29, 1.82) is 0 Å². The first-order valence-corrected chi connectivity index (χ1v) is 15.2. The Labute approximate surface area is 252 Å². The molecule has 0 fully saturated rings. The zero-order valence-corrected chi connectivity index (χ0v) is 25.0. The summed E-state index contributed by atoms with van der Waals surface area (Å²) in [7, 11) is 0. The molecule has 0 aliphatic heterocycles. The molecule has 2 aliphatic rings. The van der Waals surface area contributed by atoms with Crippen molar-refractivity contribution >= 4 is 34.0 Å². The van der Waals surface area contributed by atoms with E-state index in [9.17, 15) is 0 Å². The Balaban J connectivity index is 0.00000138. The van der Waals surface area contributed by atoms with Crippen molar-refractivity contribution in [3.63, 3.8) is 0 Å². The molecule has 188 valence electrons. The van der Waals surface area contributed by atoms with Crippen LogP contribution in [0.5, 0.6) is 0 Å². The average Bonchev–Trinajstić information content (AvgIpc) is 3.73. The van der Waals surface area contributed by atoms with Crippen LogP contribution in [0, 0.1) is 0 Å². The van der Waals surface area contributed by atoms with Crippen LogP contribution in [-0.2, 0) is 29.7 Å². The van der Waals surface area contributed by atoms with Crippen LogP contribution in [0.25, 0.3) is 34.0 Å². The molecule has 8 rings (SSSR count). The normalized spacial score (nSPS) is 20.3. The third-order valence-electron chi connectivity index (χ3n) is 8.09. The fourth-order valence-corrected chi connectivity index (χ4v) is 12.0. The summed E-state index contributed by atoms with van der Waals surface area (Å²) >= 11 is -1.45. The van der Waals surface area contributed by atoms with Gasteiger partial charge in [0.1, 0.15) is 0 Å². The summed E-state index contributed by atoms with van der Waals surface area (Å²) in [5, 5.41) is 2.59. The minimum Gasteiger partial charge on any atom is -1.00 e. The molecule has 2 aliphatic carbocycles. The topological polar surface area (TPSA) is 9.86 Å². The molecule has 2 nitrogen and oxygen atoms in total. The van der Waals surface area contributed by atoms with Gasteiger partial charge in [-0.25, -0.2) is 0 Å². The maximum atomic E-state index is 2.58. The van der Waals surface area contributed by atoms with Gasteiger partial charge >= 0.3 is 229 Å². The molecule has 39 heavy (non-hydrogen) atoms. The Morgan fingerprint density at radius 1 is 0.462 bits per heavy atom. The first-order chi connectivity index (χ1) is 18.3. The zero-order valence-electron chi connectivity index (χ0n) is 21.0. The van der Waals surface area contributed by atoms with E-state index in [4.69, 9.17) is 0 Å². The quantitative estimate of drug-likeness (QED) is 0.284. The van der Waals surface area contributed by atoms with E-state index in [2.05, 4.69) is 155 Å². The Morgan fingerprint density at radius 3 is 1.36 bits per heavy atom. The van der Waals surface area contributed by atoms with Crippen LogP contribution in [0.4, 0.5) is 0 Å².